The second-order valence-corrected chi connectivity index (χ2v) is 11.5. The Morgan fingerprint density at radius 3 is 2.58 bits per heavy atom. The maximum absolute atomic E-state index is 11.7. The molecule has 1 aliphatic heterocycles. The second-order valence-electron chi connectivity index (χ2n) is 9.50. The van der Waals surface area contributed by atoms with Gasteiger partial charge >= 0.3 is 7.60 Å². The highest BCUT2D eigenvalue weighted by atomic mass is 31.2. The first-order valence-corrected chi connectivity index (χ1v) is 13.6. The van der Waals surface area contributed by atoms with E-state index in [0.29, 0.717) is 35.5 Å². The van der Waals surface area contributed by atoms with Gasteiger partial charge in [-0.15, -0.1) is 0 Å². The molecule has 0 bridgehead atoms. The van der Waals surface area contributed by atoms with Crippen LogP contribution >= 0.6 is 7.60 Å². The summed E-state index contributed by atoms with van der Waals surface area (Å²) in [5, 5.41) is 46.2. The van der Waals surface area contributed by atoms with Gasteiger partial charge in [0.25, 0.3) is 0 Å². The van der Waals surface area contributed by atoms with Crippen LogP contribution in [0.25, 0.3) is 11.0 Å². The number of fused-ring (bicyclic) bond motifs is 1. The fourth-order valence-corrected chi connectivity index (χ4v) is 4.86. The van der Waals surface area contributed by atoms with Crippen molar-refractivity contribution in [2.24, 2.45) is 0 Å². The van der Waals surface area contributed by atoms with Crippen LogP contribution in [0.15, 0.2) is 6.20 Å². The second kappa shape index (κ2) is 10.9. The summed E-state index contributed by atoms with van der Waals surface area (Å²) in [6.07, 6.45) is 1.50. The normalized spacial score (nSPS) is 27.1. The molecule has 1 saturated heterocycles. The van der Waals surface area contributed by atoms with Gasteiger partial charge < -0.3 is 45.0 Å². The molecule has 2 aromatic heterocycles. The molecule has 0 radical (unpaired) electrons. The van der Waals surface area contributed by atoms with Crippen LogP contribution in [-0.4, -0.2) is 99.5 Å². The molecule has 3 heterocycles. The van der Waals surface area contributed by atoms with Crippen molar-refractivity contribution in [2.75, 3.05) is 25.1 Å². The predicted molar refractivity (Wildman–Crippen MR) is 126 cm³/mol. The van der Waals surface area contributed by atoms with Gasteiger partial charge in [-0.1, -0.05) is 12.8 Å². The molecule has 2 fully saturated rings. The first-order valence-electron chi connectivity index (χ1n) is 12.0. The van der Waals surface area contributed by atoms with Gasteiger partial charge in [-0.3, -0.25) is 4.57 Å². The standard InChI is InChI=1S/C21H34N5O9P/c1-21(11-28,36(31,32)33)34-10-14-16(29)17(30)20(35-14)26-19-13(9-22-26)18(23-12-5-2-3-6-12)24-15(25-19)7-4-8-27/h9,12,14,16-17,20,27-30H,2-8,10-11H2,1H3,(H,23,24,25)(H2,31,32,33)/t14?,16-,17-,20-,21?/m1/s1. The van der Waals surface area contributed by atoms with Crippen LogP contribution < -0.4 is 5.32 Å². The summed E-state index contributed by atoms with van der Waals surface area (Å²) in [5.74, 6) is 1.08. The summed E-state index contributed by atoms with van der Waals surface area (Å²) in [7, 11) is -4.84. The van der Waals surface area contributed by atoms with Gasteiger partial charge in [0.05, 0.1) is 24.8 Å². The van der Waals surface area contributed by atoms with E-state index in [9.17, 15) is 34.8 Å². The van der Waals surface area contributed by atoms with E-state index in [1.54, 1.807) is 6.20 Å². The minimum atomic E-state index is -4.84. The smallest absolute Gasteiger partial charge is 0.359 e. The molecule has 0 amide bonds. The number of aryl methyl sites for hydroxylation is 1. The van der Waals surface area contributed by atoms with Crippen molar-refractivity contribution in [1.29, 1.82) is 0 Å². The molecule has 202 valence electrons. The molecule has 2 unspecified atom stereocenters. The molecule has 7 N–H and O–H groups in total. The molecule has 0 aromatic carbocycles. The van der Waals surface area contributed by atoms with Crippen LogP contribution in [-0.2, 0) is 20.5 Å². The zero-order chi connectivity index (χ0) is 26.1. The predicted octanol–water partition coefficient (Wildman–Crippen LogP) is -0.372. The fourth-order valence-electron chi connectivity index (χ4n) is 4.43. The lowest BCUT2D eigenvalue weighted by atomic mass is 10.1. The van der Waals surface area contributed by atoms with Gasteiger partial charge in [0.2, 0.25) is 0 Å². The average molecular weight is 532 g/mol. The lowest BCUT2D eigenvalue weighted by Crippen LogP contribution is -2.39. The Hall–Kier alpha value is -1.74. The highest BCUT2D eigenvalue weighted by Crippen LogP contribution is 2.51. The van der Waals surface area contributed by atoms with Gasteiger partial charge in [0, 0.05) is 19.1 Å². The van der Waals surface area contributed by atoms with Crippen LogP contribution in [0.1, 0.15) is 51.1 Å². The van der Waals surface area contributed by atoms with Crippen molar-refractivity contribution in [1.82, 2.24) is 19.7 Å². The third-order valence-electron chi connectivity index (χ3n) is 6.80. The van der Waals surface area contributed by atoms with Crippen LogP contribution in [0, 0.1) is 0 Å². The first-order chi connectivity index (χ1) is 17.1. The number of nitrogens with zero attached hydrogens (tertiary/aromatic N) is 4. The molecule has 36 heavy (non-hydrogen) atoms. The maximum Gasteiger partial charge on any atom is 0.359 e. The SMILES string of the molecule is CC(CO)(OCC1O[C@@H](n2ncc3c(NC4CCCC4)nc(CCCO)nc32)[C@H](O)[C@@H]1O)P(=O)(O)O. The molecule has 2 aliphatic rings. The van der Waals surface area contributed by atoms with E-state index in [1.165, 1.54) is 4.68 Å². The topological polar surface area (TPSA) is 213 Å². The highest BCUT2D eigenvalue weighted by Gasteiger charge is 2.48. The summed E-state index contributed by atoms with van der Waals surface area (Å²) >= 11 is 0. The first kappa shape index (κ1) is 27.3. The molecular weight excluding hydrogens is 497 g/mol. The van der Waals surface area contributed by atoms with Crippen molar-refractivity contribution < 1.29 is 44.3 Å². The van der Waals surface area contributed by atoms with Crippen molar-refractivity contribution in [3.63, 3.8) is 0 Å². The summed E-state index contributed by atoms with van der Waals surface area (Å²) in [4.78, 5) is 28.2. The number of aliphatic hydroxyl groups is 4. The molecule has 14 nitrogen and oxygen atoms in total. The third-order valence-corrected chi connectivity index (χ3v) is 8.30. The molecule has 1 aliphatic carbocycles. The van der Waals surface area contributed by atoms with Gasteiger partial charge in [-0.25, -0.2) is 14.6 Å². The molecule has 5 atom stereocenters. The average Bonchev–Trinajstić information content (AvgIpc) is 3.56. The number of hydrogen-bond donors (Lipinski definition) is 7. The van der Waals surface area contributed by atoms with Crippen molar-refractivity contribution in [2.45, 2.75) is 81.4 Å². The Balaban J connectivity index is 1.60. The van der Waals surface area contributed by atoms with E-state index in [4.69, 9.17) is 9.47 Å². The Morgan fingerprint density at radius 1 is 1.22 bits per heavy atom. The Labute approximate surface area is 207 Å². The monoisotopic (exact) mass is 531 g/mol. The lowest BCUT2D eigenvalue weighted by molar-refractivity contribution is -0.104. The maximum atomic E-state index is 11.7. The number of hydrogen-bond acceptors (Lipinski definition) is 11. The van der Waals surface area contributed by atoms with Crippen LogP contribution in [0.3, 0.4) is 0 Å². The van der Waals surface area contributed by atoms with Crippen LogP contribution in [0.2, 0.25) is 0 Å². The third kappa shape index (κ3) is 5.42. The Kier molecular flexibility index (Phi) is 8.29. The van der Waals surface area contributed by atoms with Gasteiger partial charge in [-0.05, 0) is 26.2 Å². The van der Waals surface area contributed by atoms with Gasteiger partial charge in [-0.2, -0.15) is 5.10 Å². The summed E-state index contributed by atoms with van der Waals surface area (Å²) in [6, 6.07) is 0.267. The van der Waals surface area contributed by atoms with Crippen molar-refractivity contribution in [3.05, 3.63) is 12.0 Å². The Bertz CT molecular complexity index is 1090. The fraction of sp³-hybridized carbons (Fsp3) is 0.762. The number of aromatic nitrogens is 4. The van der Waals surface area contributed by atoms with Crippen molar-refractivity contribution in [3.8, 4) is 0 Å². The molecular formula is C21H34N5O9P. The minimum Gasteiger partial charge on any atom is -0.396 e. The van der Waals surface area contributed by atoms with E-state index in [0.717, 1.165) is 32.6 Å². The largest absolute Gasteiger partial charge is 0.396 e. The van der Waals surface area contributed by atoms with E-state index < -0.39 is 50.7 Å². The number of anilines is 1. The van der Waals surface area contributed by atoms with E-state index in [1.807, 2.05) is 0 Å². The number of ether oxygens (including phenoxy) is 2. The van der Waals surface area contributed by atoms with E-state index >= 15 is 0 Å². The molecule has 4 rings (SSSR count). The molecule has 1 saturated carbocycles. The lowest BCUT2D eigenvalue weighted by Gasteiger charge is -2.29. The van der Waals surface area contributed by atoms with Crippen LogP contribution in [0.5, 0.6) is 0 Å². The number of rotatable bonds is 11. The zero-order valence-corrected chi connectivity index (χ0v) is 20.9. The Morgan fingerprint density at radius 2 is 1.94 bits per heavy atom. The van der Waals surface area contributed by atoms with E-state index in [-0.39, 0.29) is 12.6 Å². The summed E-state index contributed by atoms with van der Waals surface area (Å²) < 4.78 is 24.1. The molecule has 15 heteroatoms. The van der Waals surface area contributed by atoms with E-state index in [2.05, 4.69) is 20.4 Å². The zero-order valence-electron chi connectivity index (χ0n) is 20.0. The molecule has 0 spiro atoms. The van der Waals surface area contributed by atoms with Crippen LogP contribution in [0.4, 0.5) is 5.82 Å². The summed E-state index contributed by atoms with van der Waals surface area (Å²) in [6.45, 7) is -0.430. The number of aliphatic hydroxyl groups excluding tert-OH is 4. The highest BCUT2D eigenvalue weighted by molar-refractivity contribution is 7.53. The molecule has 2 aromatic rings. The van der Waals surface area contributed by atoms with Gasteiger partial charge in [0.15, 0.2) is 17.2 Å². The quantitative estimate of drug-likeness (QED) is 0.185. The minimum absolute atomic E-state index is 0.0221. The summed E-state index contributed by atoms with van der Waals surface area (Å²) in [5.41, 5.74) is 0.367. The number of nitrogens with one attached hydrogen (secondary N) is 1. The van der Waals surface area contributed by atoms with Gasteiger partial charge in [0.1, 0.15) is 30.0 Å². The van der Waals surface area contributed by atoms with Crippen molar-refractivity contribution >= 4 is 24.4 Å².